The lowest BCUT2D eigenvalue weighted by Crippen LogP contribution is -2.29. The second kappa shape index (κ2) is 10.8. The Labute approximate surface area is 204 Å². The Kier molecular flexibility index (Phi) is 7.42. The quantitative estimate of drug-likeness (QED) is 0.341. The molecule has 180 valence electrons. The predicted octanol–water partition coefficient (Wildman–Crippen LogP) is 4.02. The van der Waals surface area contributed by atoms with Crippen LogP contribution in [0.15, 0.2) is 67.0 Å². The van der Waals surface area contributed by atoms with Crippen LogP contribution in [0.3, 0.4) is 0 Å². The minimum Gasteiger partial charge on any atom is -0.383 e. The van der Waals surface area contributed by atoms with Crippen LogP contribution in [0.25, 0.3) is 16.9 Å². The van der Waals surface area contributed by atoms with Gasteiger partial charge in [-0.2, -0.15) is 0 Å². The molecular formula is C27H29N5O3. The topological polar surface area (TPSA) is 88.0 Å². The van der Waals surface area contributed by atoms with Crippen molar-refractivity contribution in [1.29, 1.82) is 0 Å². The molecule has 0 saturated heterocycles. The summed E-state index contributed by atoms with van der Waals surface area (Å²) in [6, 6.07) is 17.7. The molecule has 0 atom stereocenters. The third kappa shape index (κ3) is 5.33. The molecule has 0 saturated carbocycles. The number of aryl methyl sites for hydroxylation is 1. The lowest BCUT2D eigenvalue weighted by atomic mass is 10.0. The van der Waals surface area contributed by atoms with Crippen LogP contribution >= 0.6 is 0 Å². The second-order valence-electron chi connectivity index (χ2n) is 8.31. The van der Waals surface area contributed by atoms with Crippen LogP contribution in [0.2, 0.25) is 0 Å². The van der Waals surface area contributed by atoms with E-state index in [1.165, 1.54) is 0 Å². The number of hydrogen-bond donors (Lipinski definition) is 2. The minimum atomic E-state index is -0.0468. The number of rotatable bonds is 10. The smallest absolute Gasteiger partial charge is 0.253 e. The van der Waals surface area contributed by atoms with E-state index in [2.05, 4.69) is 33.8 Å². The first-order chi connectivity index (χ1) is 17.0. The number of likely N-dealkylation sites (N-methyl/N-ethyl adjacent to an activating group) is 1. The van der Waals surface area contributed by atoms with E-state index in [-0.39, 0.29) is 5.91 Å². The summed E-state index contributed by atoms with van der Waals surface area (Å²) in [6.07, 6.45) is 4.41. The highest BCUT2D eigenvalue weighted by atomic mass is 16.5. The lowest BCUT2D eigenvalue weighted by molar-refractivity contribution is -0.109. The summed E-state index contributed by atoms with van der Waals surface area (Å²) in [5.74, 6) is -0.0468. The number of ether oxygens (including phenoxy) is 1. The number of imidazole rings is 1. The normalized spacial score (nSPS) is 10.8. The molecule has 0 bridgehead atoms. The van der Waals surface area contributed by atoms with Crippen molar-refractivity contribution < 1.29 is 14.3 Å². The van der Waals surface area contributed by atoms with E-state index in [4.69, 9.17) is 4.74 Å². The van der Waals surface area contributed by atoms with E-state index in [0.717, 1.165) is 39.4 Å². The predicted molar refractivity (Wildman–Crippen MR) is 137 cm³/mol. The number of fused-ring (bicyclic) bond motifs is 1. The van der Waals surface area contributed by atoms with Crippen LogP contribution in [0.5, 0.6) is 0 Å². The number of carbonyl (C=O) groups excluding carboxylic acids is 2. The highest BCUT2D eigenvalue weighted by molar-refractivity contribution is 5.94. The zero-order valence-corrected chi connectivity index (χ0v) is 20.1. The Hall–Kier alpha value is -4.17. The van der Waals surface area contributed by atoms with Gasteiger partial charge in [0.2, 0.25) is 6.41 Å². The fraction of sp³-hybridized carbons (Fsp3) is 0.222. The zero-order chi connectivity index (χ0) is 24.8. The van der Waals surface area contributed by atoms with Gasteiger partial charge in [-0.15, -0.1) is 0 Å². The van der Waals surface area contributed by atoms with Crippen LogP contribution in [0.1, 0.15) is 21.5 Å². The van der Waals surface area contributed by atoms with Crippen LogP contribution in [-0.2, 0) is 16.1 Å². The maximum absolute atomic E-state index is 12.6. The SMILES string of the molecule is COCCN(C)C(=O)c1ccc(Nc2ccc(-c3ccc(C)c(CNC=O)c3)n3ccnc23)cc1. The van der Waals surface area contributed by atoms with Crippen molar-refractivity contribution in [2.75, 3.05) is 32.6 Å². The Morgan fingerprint density at radius 3 is 2.69 bits per heavy atom. The molecule has 2 heterocycles. The molecule has 8 heteroatoms. The third-order valence-corrected chi connectivity index (χ3v) is 5.96. The van der Waals surface area contributed by atoms with Crippen LogP contribution < -0.4 is 10.6 Å². The van der Waals surface area contributed by atoms with Crippen molar-refractivity contribution in [3.8, 4) is 11.3 Å². The number of methoxy groups -OCH3 is 1. The van der Waals surface area contributed by atoms with Gasteiger partial charge in [-0.05, 0) is 66.1 Å². The molecular weight excluding hydrogens is 442 g/mol. The van der Waals surface area contributed by atoms with Gasteiger partial charge in [-0.3, -0.25) is 14.0 Å². The van der Waals surface area contributed by atoms with E-state index in [1.54, 1.807) is 25.3 Å². The van der Waals surface area contributed by atoms with E-state index >= 15 is 0 Å². The highest BCUT2D eigenvalue weighted by Gasteiger charge is 2.13. The van der Waals surface area contributed by atoms with Crippen LogP contribution in [-0.4, -0.2) is 53.9 Å². The monoisotopic (exact) mass is 471 g/mol. The van der Waals surface area contributed by atoms with E-state index in [1.807, 2.05) is 53.9 Å². The van der Waals surface area contributed by atoms with Crippen molar-refractivity contribution >= 4 is 29.3 Å². The average Bonchev–Trinajstić information content (AvgIpc) is 3.38. The molecule has 0 radical (unpaired) electrons. The Morgan fingerprint density at radius 2 is 1.94 bits per heavy atom. The molecule has 8 nitrogen and oxygen atoms in total. The number of anilines is 2. The number of carbonyl (C=O) groups is 2. The molecule has 2 amide bonds. The Balaban J connectivity index is 1.57. The van der Waals surface area contributed by atoms with Crippen molar-refractivity contribution in [2.24, 2.45) is 0 Å². The first kappa shape index (κ1) is 24.0. The number of amides is 2. The molecule has 0 aliphatic heterocycles. The molecule has 2 N–H and O–H groups in total. The van der Waals surface area contributed by atoms with Gasteiger partial charge in [-0.25, -0.2) is 4.98 Å². The Morgan fingerprint density at radius 1 is 1.14 bits per heavy atom. The van der Waals surface area contributed by atoms with Gasteiger partial charge in [0.25, 0.3) is 5.91 Å². The molecule has 4 aromatic rings. The molecule has 0 fully saturated rings. The molecule has 0 spiro atoms. The molecule has 35 heavy (non-hydrogen) atoms. The van der Waals surface area contributed by atoms with Gasteiger partial charge in [-0.1, -0.05) is 12.1 Å². The van der Waals surface area contributed by atoms with Crippen molar-refractivity contribution in [3.05, 3.63) is 83.7 Å². The second-order valence-corrected chi connectivity index (χ2v) is 8.31. The van der Waals surface area contributed by atoms with Gasteiger partial charge in [0.15, 0.2) is 5.65 Å². The highest BCUT2D eigenvalue weighted by Crippen LogP contribution is 2.29. The Bertz CT molecular complexity index is 1330. The van der Waals surface area contributed by atoms with Crippen LogP contribution in [0, 0.1) is 6.92 Å². The molecule has 2 aromatic heterocycles. The average molecular weight is 472 g/mol. The van der Waals surface area contributed by atoms with Crippen molar-refractivity contribution in [1.82, 2.24) is 19.6 Å². The largest absolute Gasteiger partial charge is 0.383 e. The van der Waals surface area contributed by atoms with Gasteiger partial charge in [0, 0.05) is 50.9 Å². The zero-order valence-electron chi connectivity index (χ0n) is 20.1. The first-order valence-corrected chi connectivity index (χ1v) is 11.4. The lowest BCUT2D eigenvalue weighted by Gasteiger charge is -2.17. The van der Waals surface area contributed by atoms with Crippen LogP contribution in [0.4, 0.5) is 11.4 Å². The summed E-state index contributed by atoms with van der Waals surface area (Å²) < 4.78 is 7.08. The first-order valence-electron chi connectivity index (χ1n) is 11.4. The van der Waals surface area contributed by atoms with Gasteiger partial charge >= 0.3 is 0 Å². The molecule has 2 aromatic carbocycles. The van der Waals surface area contributed by atoms with E-state index in [9.17, 15) is 9.59 Å². The maximum Gasteiger partial charge on any atom is 0.253 e. The van der Waals surface area contributed by atoms with E-state index in [0.29, 0.717) is 31.7 Å². The van der Waals surface area contributed by atoms with E-state index < -0.39 is 0 Å². The molecule has 0 unspecified atom stereocenters. The van der Waals surface area contributed by atoms with Crippen molar-refractivity contribution in [2.45, 2.75) is 13.5 Å². The molecule has 0 aliphatic carbocycles. The summed E-state index contributed by atoms with van der Waals surface area (Å²) in [5.41, 5.74) is 7.33. The fourth-order valence-electron chi connectivity index (χ4n) is 3.92. The number of hydrogen-bond acceptors (Lipinski definition) is 5. The number of nitrogens with zero attached hydrogens (tertiary/aromatic N) is 3. The maximum atomic E-state index is 12.6. The molecule has 4 rings (SSSR count). The summed E-state index contributed by atoms with van der Waals surface area (Å²) in [4.78, 5) is 29.5. The molecule has 0 aliphatic rings. The summed E-state index contributed by atoms with van der Waals surface area (Å²) in [5, 5.41) is 6.15. The summed E-state index contributed by atoms with van der Waals surface area (Å²) >= 11 is 0. The van der Waals surface area contributed by atoms with Gasteiger partial charge in [0.1, 0.15) is 0 Å². The van der Waals surface area contributed by atoms with Gasteiger partial charge in [0.05, 0.1) is 18.0 Å². The third-order valence-electron chi connectivity index (χ3n) is 5.96. The van der Waals surface area contributed by atoms with Crippen molar-refractivity contribution in [3.63, 3.8) is 0 Å². The summed E-state index contributed by atoms with van der Waals surface area (Å²) in [6.45, 7) is 3.55. The summed E-state index contributed by atoms with van der Waals surface area (Å²) in [7, 11) is 3.38. The number of aromatic nitrogens is 2. The number of benzene rings is 2. The minimum absolute atomic E-state index is 0.0468. The van der Waals surface area contributed by atoms with Gasteiger partial charge < -0.3 is 20.3 Å². The fourth-order valence-corrected chi connectivity index (χ4v) is 3.92. The standard InChI is InChI=1S/C27H29N5O3/c1-19-4-5-21(16-22(19)17-28-18-33)25-11-10-24(26-29-12-13-32(25)26)30-23-8-6-20(7-9-23)27(34)31(2)14-15-35-3/h4-13,16,18,30H,14-15,17H2,1-3H3,(H,28,33). The number of pyridine rings is 1. The number of nitrogens with one attached hydrogen (secondary N) is 2.